The molecule has 5 nitrogen and oxygen atoms in total. The lowest BCUT2D eigenvalue weighted by Gasteiger charge is -2.38. The van der Waals surface area contributed by atoms with Gasteiger partial charge < -0.3 is 15.1 Å². The van der Waals surface area contributed by atoms with Gasteiger partial charge >= 0.3 is 5.97 Å². The molecule has 2 aliphatic carbocycles. The standard InChI is InChI=1S/C26H39NO4S/c1-16-6-8-18(9-7-16)24(29)27(19-10-12-20(28)13-11-19)22-15-21(32-23(22)25(30)31)14-17(2)26(3,4)5/h15-16,18-20,28H,2,6-14H2,1,3-5H3,(H,30,31). The van der Waals surface area contributed by atoms with Crippen molar-refractivity contribution in [3.63, 3.8) is 0 Å². The van der Waals surface area contributed by atoms with E-state index in [9.17, 15) is 19.8 Å². The molecule has 2 fully saturated rings. The number of carbonyl (C=O) groups excluding carboxylic acids is 1. The summed E-state index contributed by atoms with van der Waals surface area (Å²) in [7, 11) is 0. The molecule has 1 aromatic rings. The lowest BCUT2D eigenvalue weighted by Crippen LogP contribution is -2.47. The number of amides is 1. The number of nitrogens with zero attached hydrogens (tertiary/aromatic N) is 1. The summed E-state index contributed by atoms with van der Waals surface area (Å²) in [6.45, 7) is 12.8. The zero-order valence-corrected chi connectivity index (χ0v) is 20.8. The second kappa shape index (κ2) is 10.1. The molecular formula is C26H39NO4S. The van der Waals surface area contributed by atoms with Crippen LogP contribution in [-0.4, -0.2) is 34.2 Å². The molecule has 32 heavy (non-hydrogen) atoms. The fourth-order valence-electron chi connectivity index (χ4n) is 4.84. The van der Waals surface area contributed by atoms with Gasteiger partial charge in [-0.25, -0.2) is 4.79 Å². The van der Waals surface area contributed by atoms with Gasteiger partial charge in [0, 0.05) is 23.3 Å². The lowest BCUT2D eigenvalue weighted by atomic mass is 9.81. The Morgan fingerprint density at radius 3 is 2.22 bits per heavy atom. The predicted molar refractivity (Wildman–Crippen MR) is 130 cm³/mol. The molecule has 0 radical (unpaired) electrons. The molecule has 0 bridgehead atoms. The van der Waals surface area contributed by atoms with Gasteiger partial charge in [0.1, 0.15) is 4.88 Å². The van der Waals surface area contributed by atoms with E-state index >= 15 is 0 Å². The number of aliphatic hydroxyl groups excluding tert-OH is 1. The zero-order valence-electron chi connectivity index (χ0n) is 20.0. The largest absolute Gasteiger partial charge is 0.477 e. The Morgan fingerprint density at radius 2 is 1.69 bits per heavy atom. The number of carboxylic acids is 1. The third kappa shape index (κ3) is 5.82. The molecule has 3 rings (SSSR count). The average Bonchev–Trinajstić information content (AvgIpc) is 3.13. The van der Waals surface area contributed by atoms with Crippen LogP contribution in [0.2, 0.25) is 0 Å². The van der Waals surface area contributed by atoms with E-state index in [2.05, 4.69) is 34.3 Å². The fourth-order valence-corrected chi connectivity index (χ4v) is 5.87. The molecule has 6 heteroatoms. The molecular weight excluding hydrogens is 422 g/mol. The Morgan fingerprint density at radius 1 is 1.09 bits per heavy atom. The first kappa shape index (κ1) is 25.0. The number of aliphatic hydroxyl groups is 1. The first-order valence-electron chi connectivity index (χ1n) is 12.0. The molecule has 2 N–H and O–H groups in total. The van der Waals surface area contributed by atoms with Crippen LogP contribution in [0, 0.1) is 17.3 Å². The maximum Gasteiger partial charge on any atom is 0.348 e. The minimum Gasteiger partial charge on any atom is -0.477 e. The Balaban J connectivity index is 1.96. The van der Waals surface area contributed by atoms with Gasteiger partial charge in [0.15, 0.2) is 0 Å². The number of aromatic carboxylic acids is 1. The van der Waals surface area contributed by atoms with Gasteiger partial charge in [0.2, 0.25) is 5.91 Å². The molecule has 0 aromatic carbocycles. The van der Waals surface area contributed by atoms with Crippen molar-refractivity contribution in [3.05, 3.63) is 28.0 Å². The SMILES string of the molecule is C=C(Cc1cc(N(C(=O)C2CCC(C)CC2)C2CCC(O)CC2)c(C(=O)O)s1)C(C)(C)C. The Kier molecular flexibility index (Phi) is 7.87. The van der Waals surface area contributed by atoms with E-state index in [4.69, 9.17) is 0 Å². The summed E-state index contributed by atoms with van der Waals surface area (Å²) in [6.07, 6.45) is 6.81. The van der Waals surface area contributed by atoms with Crippen molar-refractivity contribution >= 4 is 28.9 Å². The van der Waals surface area contributed by atoms with Crippen LogP contribution in [0.5, 0.6) is 0 Å². The van der Waals surface area contributed by atoms with E-state index in [1.165, 1.54) is 11.3 Å². The Bertz CT molecular complexity index is 836. The zero-order chi connectivity index (χ0) is 23.6. The van der Waals surface area contributed by atoms with Crippen LogP contribution < -0.4 is 4.90 Å². The summed E-state index contributed by atoms with van der Waals surface area (Å²) < 4.78 is 0. The van der Waals surface area contributed by atoms with Crippen molar-refractivity contribution in [2.45, 2.75) is 97.6 Å². The quantitative estimate of drug-likeness (QED) is 0.505. The molecule has 2 aliphatic rings. The predicted octanol–water partition coefficient (Wildman–Crippen LogP) is 6.05. The highest BCUT2D eigenvalue weighted by molar-refractivity contribution is 7.14. The maximum absolute atomic E-state index is 13.8. The molecule has 0 spiro atoms. The molecule has 2 saturated carbocycles. The van der Waals surface area contributed by atoms with Crippen molar-refractivity contribution < 1.29 is 19.8 Å². The van der Waals surface area contributed by atoms with Gasteiger partial charge in [0.25, 0.3) is 0 Å². The van der Waals surface area contributed by atoms with Crippen molar-refractivity contribution in [1.82, 2.24) is 0 Å². The van der Waals surface area contributed by atoms with Gasteiger partial charge in [-0.3, -0.25) is 4.79 Å². The van der Waals surface area contributed by atoms with Gasteiger partial charge in [-0.05, 0) is 68.8 Å². The van der Waals surface area contributed by atoms with Crippen molar-refractivity contribution in [3.8, 4) is 0 Å². The van der Waals surface area contributed by atoms with E-state index in [-0.39, 0.29) is 34.3 Å². The van der Waals surface area contributed by atoms with Crippen LogP contribution in [0.3, 0.4) is 0 Å². The number of carbonyl (C=O) groups is 2. The first-order chi connectivity index (χ1) is 15.0. The van der Waals surface area contributed by atoms with Crippen LogP contribution in [0.4, 0.5) is 5.69 Å². The monoisotopic (exact) mass is 461 g/mol. The normalized spacial score (nSPS) is 26.5. The molecule has 0 aliphatic heterocycles. The topological polar surface area (TPSA) is 77.8 Å². The second-order valence-corrected chi connectivity index (χ2v) is 12.0. The summed E-state index contributed by atoms with van der Waals surface area (Å²) in [4.78, 5) is 29.0. The highest BCUT2D eigenvalue weighted by atomic mass is 32.1. The highest BCUT2D eigenvalue weighted by Crippen LogP contribution is 2.40. The Labute approximate surface area is 196 Å². The van der Waals surface area contributed by atoms with Crippen LogP contribution in [-0.2, 0) is 11.2 Å². The average molecular weight is 462 g/mol. The van der Waals surface area contributed by atoms with E-state index in [1.807, 2.05) is 11.0 Å². The smallest absolute Gasteiger partial charge is 0.348 e. The minimum absolute atomic E-state index is 0.0485. The number of rotatable bonds is 6. The second-order valence-electron chi connectivity index (χ2n) is 10.9. The summed E-state index contributed by atoms with van der Waals surface area (Å²) in [6, 6.07) is 1.86. The number of hydrogen-bond donors (Lipinski definition) is 2. The van der Waals surface area contributed by atoms with Crippen LogP contribution in [0.15, 0.2) is 18.2 Å². The van der Waals surface area contributed by atoms with Gasteiger partial charge in [-0.1, -0.05) is 39.8 Å². The number of allylic oxidation sites excluding steroid dienone is 1. The fraction of sp³-hybridized carbons (Fsp3) is 0.692. The van der Waals surface area contributed by atoms with Crippen LogP contribution in [0.25, 0.3) is 0 Å². The van der Waals surface area contributed by atoms with Crippen molar-refractivity contribution in [1.29, 1.82) is 0 Å². The molecule has 1 aromatic heterocycles. The van der Waals surface area contributed by atoms with Gasteiger partial charge in [-0.2, -0.15) is 0 Å². The third-order valence-electron chi connectivity index (χ3n) is 7.30. The highest BCUT2D eigenvalue weighted by Gasteiger charge is 2.37. The van der Waals surface area contributed by atoms with Gasteiger partial charge in [-0.15, -0.1) is 11.3 Å². The summed E-state index contributed by atoms with van der Waals surface area (Å²) in [5.74, 6) is -0.320. The van der Waals surface area contributed by atoms with Crippen molar-refractivity contribution in [2.75, 3.05) is 4.90 Å². The molecule has 0 saturated heterocycles. The van der Waals surface area contributed by atoms with Crippen molar-refractivity contribution in [2.24, 2.45) is 17.3 Å². The van der Waals surface area contributed by atoms with Gasteiger partial charge in [0.05, 0.1) is 11.8 Å². The molecule has 1 heterocycles. The van der Waals surface area contributed by atoms with E-state index in [0.717, 1.165) is 36.1 Å². The number of anilines is 1. The van der Waals surface area contributed by atoms with E-state index < -0.39 is 5.97 Å². The summed E-state index contributed by atoms with van der Waals surface area (Å²) >= 11 is 1.27. The molecule has 0 unspecified atom stereocenters. The third-order valence-corrected chi connectivity index (χ3v) is 8.41. The van der Waals surface area contributed by atoms with Crippen LogP contribution in [0.1, 0.15) is 93.6 Å². The molecule has 178 valence electrons. The molecule has 0 atom stereocenters. The number of hydrogen-bond acceptors (Lipinski definition) is 4. The minimum atomic E-state index is -0.983. The summed E-state index contributed by atoms with van der Waals surface area (Å²) in [5, 5.41) is 20.0. The van der Waals surface area contributed by atoms with E-state index in [0.29, 0.717) is 43.7 Å². The number of carboxylic acid groups (broad SMARTS) is 1. The Hall–Kier alpha value is -1.66. The summed E-state index contributed by atoms with van der Waals surface area (Å²) in [5.41, 5.74) is 1.52. The first-order valence-corrected chi connectivity index (χ1v) is 12.8. The molecule has 1 amide bonds. The maximum atomic E-state index is 13.8. The lowest BCUT2D eigenvalue weighted by molar-refractivity contribution is -0.124. The number of thiophene rings is 1. The van der Waals surface area contributed by atoms with Crippen LogP contribution >= 0.6 is 11.3 Å². The van der Waals surface area contributed by atoms with E-state index in [1.54, 1.807) is 0 Å².